The van der Waals surface area contributed by atoms with Crippen LogP contribution in [0.25, 0.3) is 10.9 Å². The molecule has 2 aromatic rings. The Balaban J connectivity index is 2.06. The Kier molecular flexibility index (Phi) is 3.53. The minimum atomic E-state index is 0.780. The van der Waals surface area contributed by atoms with Gasteiger partial charge in [0.25, 0.3) is 0 Å². The number of anilines is 1. The highest BCUT2D eigenvalue weighted by Crippen LogP contribution is 2.31. The van der Waals surface area contributed by atoms with Crippen LogP contribution in [0.4, 0.5) is 5.82 Å². The van der Waals surface area contributed by atoms with E-state index in [1.165, 1.54) is 0 Å². The average molecular weight is 272 g/mol. The number of nitrogens with zero attached hydrogens (tertiary/aromatic N) is 4. The van der Waals surface area contributed by atoms with E-state index in [9.17, 15) is 0 Å². The normalized spacial score (nSPS) is 14.1. The summed E-state index contributed by atoms with van der Waals surface area (Å²) in [6.45, 7) is 6.69. The largest absolute Gasteiger partial charge is 0.385 e. The first-order valence-corrected chi connectivity index (χ1v) is 7.08. The van der Waals surface area contributed by atoms with Crippen molar-refractivity contribution in [3.05, 3.63) is 23.3 Å². The van der Waals surface area contributed by atoms with Gasteiger partial charge in [-0.2, -0.15) is 0 Å². The molecule has 5 nitrogen and oxygen atoms in total. The van der Waals surface area contributed by atoms with Crippen LogP contribution in [-0.2, 0) is 11.2 Å². The Hall–Kier alpha value is -1.75. The summed E-state index contributed by atoms with van der Waals surface area (Å²) in [4.78, 5) is 16.2. The number of aryl methyl sites for hydroxylation is 2. The minimum absolute atomic E-state index is 0.780. The van der Waals surface area contributed by atoms with Gasteiger partial charge in [-0.25, -0.2) is 9.97 Å². The molecule has 1 aliphatic rings. The highest BCUT2D eigenvalue weighted by molar-refractivity contribution is 5.93. The van der Waals surface area contributed by atoms with Crippen LogP contribution < -0.4 is 4.90 Å². The van der Waals surface area contributed by atoms with Crippen molar-refractivity contribution in [2.75, 3.05) is 31.7 Å². The molecule has 106 valence electrons. The smallest absolute Gasteiger partial charge is 0.142 e. The fourth-order valence-corrected chi connectivity index (χ4v) is 2.83. The summed E-state index contributed by atoms with van der Waals surface area (Å²) in [6.07, 6.45) is 1.97. The lowest BCUT2D eigenvalue weighted by Crippen LogP contribution is -2.32. The first kappa shape index (κ1) is 13.2. The van der Waals surface area contributed by atoms with E-state index in [2.05, 4.69) is 25.9 Å². The standard InChI is InChI=1S/C15H20N4O/c1-10-9-13-14-12(16-10)5-7-19(6-4-8-20-3)15(14)18-11(2)17-13/h9H,4-8H2,1-3H3. The molecule has 0 amide bonds. The summed E-state index contributed by atoms with van der Waals surface area (Å²) in [5.41, 5.74) is 3.19. The maximum Gasteiger partial charge on any atom is 0.142 e. The van der Waals surface area contributed by atoms with Gasteiger partial charge in [-0.3, -0.25) is 4.98 Å². The van der Waals surface area contributed by atoms with Gasteiger partial charge < -0.3 is 9.64 Å². The molecule has 5 heteroatoms. The fraction of sp³-hybridized carbons (Fsp3) is 0.533. The third-order valence-electron chi connectivity index (χ3n) is 3.67. The number of hydrogen-bond donors (Lipinski definition) is 0. The van der Waals surface area contributed by atoms with Crippen LogP contribution in [-0.4, -0.2) is 41.8 Å². The number of pyridine rings is 1. The van der Waals surface area contributed by atoms with Crippen molar-refractivity contribution in [2.45, 2.75) is 26.7 Å². The lowest BCUT2D eigenvalue weighted by molar-refractivity contribution is 0.196. The second kappa shape index (κ2) is 5.32. The molecule has 3 rings (SSSR count). The Morgan fingerprint density at radius 3 is 2.90 bits per heavy atom. The molecule has 0 aromatic carbocycles. The van der Waals surface area contributed by atoms with Crippen LogP contribution in [0.2, 0.25) is 0 Å². The van der Waals surface area contributed by atoms with E-state index >= 15 is 0 Å². The van der Waals surface area contributed by atoms with Crippen molar-refractivity contribution in [1.82, 2.24) is 15.0 Å². The first-order valence-electron chi connectivity index (χ1n) is 7.08. The second-order valence-electron chi connectivity index (χ2n) is 5.28. The van der Waals surface area contributed by atoms with Crippen LogP contribution in [0.15, 0.2) is 6.07 Å². The van der Waals surface area contributed by atoms with Gasteiger partial charge in [-0.15, -0.1) is 0 Å². The number of rotatable bonds is 4. The molecule has 3 heterocycles. The topological polar surface area (TPSA) is 51.1 Å². The van der Waals surface area contributed by atoms with Gasteiger partial charge in [0.2, 0.25) is 0 Å². The minimum Gasteiger partial charge on any atom is -0.385 e. The predicted octanol–water partition coefficient (Wildman–Crippen LogP) is 2.04. The number of hydrogen-bond acceptors (Lipinski definition) is 5. The summed E-state index contributed by atoms with van der Waals surface area (Å²) >= 11 is 0. The molecule has 0 fully saturated rings. The van der Waals surface area contributed by atoms with E-state index in [4.69, 9.17) is 4.74 Å². The van der Waals surface area contributed by atoms with E-state index in [0.29, 0.717) is 0 Å². The Morgan fingerprint density at radius 1 is 1.25 bits per heavy atom. The number of aromatic nitrogens is 3. The van der Waals surface area contributed by atoms with Crippen LogP contribution in [0.5, 0.6) is 0 Å². The highest BCUT2D eigenvalue weighted by Gasteiger charge is 2.22. The van der Waals surface area contributed by atoms with E-state index in [0.717, 1.165) is 66.5 Å². The average Bonchev–Trinajstić information content (AvgIpc) is 2.40. The van der Waals surface area contributed by atoms with Gasteiger partial charge in [0.15, 0.2) is 0 Å². The van der Waals surface area contributed by atoms with E-state index < -0.39 is 0 Å². The molecule has 0 spiro atoms. The van der Waals surface area contributed by atoms with Crippen LogP contribution >= 0.6 is 0 Å². The van der Waals surface area contributed by atoms with Gasteiger partial charge in [0, 0.05) is 38.9 Å². The summed E-state index contributed by atoms with van der Waals surface area (Å²) < 4.78 is 5.14. The monoisotopic (exact) mass is 272 g/mol. The van der Waals surface area contributed by atoms with E-state index in [1.54, 1.807) is 7.11 Å². The molecule has 20 heavy (non-hydrogen) atoms. The van der Waals surface area contributed by atoms with E-state index in [1.807, 2.05) is 13.8 Å². The first-order chi connectivity index (χ1) is 9.69. The van der Waals surface area contributed by atoms with Crippen LogP contribution in [0.1, 0.15) is 23.6 Å². The van der Waals surface area contributed by atoms with Crippen LogP contribution in [0, 0.1) is 13.8 Å². The zero-order valence-electron chi connectivity index (χ0n) is 12.3. The SMILES string of the molecule is COCCCN1CCc2nc(C)cc3nc(C)nc1c23. The van der Waals surface area contributed by atoms with Crippen molar-refractivity contribution < 1.29 is 4.74 Å². The molecule has 0 bridgehead atoms. The second-order valence-corrected chi connectivity index (χ2v) is 5.28. The van der Waals surface area contributed by atoms with Gasteiger partial charge in [-0.05, 0) is 26.3 Å². The summed E-state index contributed by atoms with van der Waals surface area (Å²) in [5, 5.41) is 1.13. The predicted molar refractivity (Wildman–Crippen MR) is 79.2 cm³/mol. The van der Waals surface area contributed by atoms with Crippen molar-refractivity contribution >= 4 is 16.7 Å². The van der Waals surface area contributed by atoms with Crippen molar-refractivity contribution in [3.8, 4) is 0 Å². The van der Waals surface area contributed by atoms with Crippen molar-refractivity contribution in [3.63, 3.8) is 0 Å². The summed E-state index contributed by atoms with van der Waals surface area (Å²) in [7, 11) is 1.74. The molecule has 0 atom stereocenters. The summed E-state index contributed by atoms with van der Waals surface area (Å²) in [5.74, 6) is 1.86. The molecule has 2 aromatic heterocycles. The molecule has 0 N–H and O–H groups in total. The third kappa shape index (κ3) is 2.33. The maximum atomic E-state index is 5.14. The summed E-state index contributed by atoms with van der Waals surface area (Å²) in [6, 6.07) is 2.05. The van der Waals surface area contributed by atoms with E-state index in [-0.39, 0.29) is 0 Å². The number of ether oxygens (including phenoxy) is 1. The lowest BCUT2D eigenvalue weighted by Gasteiger charge is -2.29. The quantitative estimate of drug-likeness (QED) is 0.797. The lowest BCUT2D eigenvalue weighted by atomic mass is 10.1. The van der Waals surface area contributed by atoms with Crippen molar-refractivity contribution in [1.29, 1.82) is 0 Å². The molecule has 0 radical (unpaired) electrons. The van der Waals surface area contributed by atoms with Crippen molar-refractivity contribution in [2.24, 2.45) is 0 Å². The molecule has 0 aliphatic carbocycles. The van der Waals surface area contributed by atoms with Gasteiger partial charge >= 0.3 is 0 Å². The molecule has 0 unspecified atom stereocenters. The number of methoxy groups -OCH3 is 1. The van der Waals surface area contributed by atoms with Gasteiger partial charge in [-0.1, -0.05) is 0 Å². The third-order valence-corrected chi connectivity index (χ3v) is 3.67. The Morgan fingerprint density at radius 2 is 2.10 bits per heavy atom. The maximum absolute atomic E-state index is 5.14. The molecular formula is C15H20N4O. The Labute approximate surface area is 119 Å². The van der Waals surface area contributed by atoms with Crippen LogP contribution in [0.3, 0.4) is 0 Å². The molecule has 1 aliphatic heterocycles. The zero-order valence-corrected chi connectivity index (χ0v) is 12.3. The highest BCUT2D eigenvalue weighted by atomic mass is 16.5. The molecule has 0 saturated heterocycles. The van der Waals surface area contributed by atoms with Gasteiger partial charge in [0.05, 0.1) is 16.6 Å². The zero-order chi connectivity index (χ0) is 14.1. The molecule has 0 saturated carbocycles. The van der Waals surface area contributed by atoms with Gasteiger partial charge in [0.1, 0.15) is 11.6 Å². The molecular weight excluding hydrogens is 252 g/mol. The fourth-order valence-electron chi connectivity index (χ4n) is 2.83. The Bertz CT molecular complexity index is 636.